The van der Waals surface area contributed by atoms with Crippen molar-refractivity contribution in [3.8, 4) is 0 Å². The van der Waals surface area contributed by atoms with E-state index in [4.69, 9.17) is 16.7 Å². The number of nitrogens with one attached hydrogen (secondary N) is 1. The molecule has 4 atom stereocenters. The fourth-order valence-electron chi connectivity index (χ4n) is 1.76. The molecule has 0 bridgehead atoms. The zero-order valence-electron chi connectivity index (χ0n) is 8.99. The molecular formula is C9H11ClN2O5S. The van der Waals surface area contributed by atoms with Crippen molar-refractivity contribution in [2.24, 2.45) is 0 Å². The normalized spacial score (nSPS) is 31.8. The molecule has 0 amide bonds. The van der Waals surface area contributed by atoms with Gasteiger partial charge in [0.15, 0.2) is 0 Å². The Kier molecular flexibility index (Phi) is 3.83. The Balaban J connectivity index is 2.42. The molecule has 0 aliphatic carbocycles. The summed E-state index contributed by atoms with van der Waals surface area (Å²) in [5.41, 5.74) is -1.44. The van der Waals surface area contributed by atoms with E-state index in [9.17, 15) is 19.8 Å². The number of aromatic amines is 1. The van der Waals surface area contributed by atoms with Gasteiger partial charge in [0, 0.05) is 6.20 Å². The van der Waals surface area contributed by atoms with Gasteiger partial charge in [-0.25, -0.2) is 4.79 Å². The Morgan fingerprint density at radius 1 is 1.39 bits per heavy atom. The van der Waals surface area contributed by atoms with Gasteiger partial charge in [-0.15, -0.1) is 11.8 Å². The molecule has 1 fully saturated rings. The summed E-state index contributed by atoms with van der Waals surface area (Å²) < 4.78 is 1.04. The van der Waals surface area contributed by atoms with E-state index in [-0.39, 0.29) is 11.6 Å². The van der Waals surface area contributed by atoms with Gasteiger partial charge in [0.25, 0.3) is 5.56 Å². The summed E-state index contributed by atoms with van der Waals surface area (Å²) in [5, 5.41) is 26.9. The molecule has 1 saturated heterocycles. The number of H-pyrrole nitrogens is 1. The van der Waals surface area contributed by atoms with Crippen molar-refractivity contribution in [3.63, 3.8) is 0 Å². The van der Waals surface area contributed by atoms with Crippen LogP contribution < -0.4 is 11.2 Å². The molecule has 18 heavy (non-hydrogen) atoms. The predicted octanol–water partition coefficient (Wildman–Crippen LogP) is -1.48. The van der Waals surface area contributed by atoms with Crippen LogP contribution in [-0.2, 0) is 0 Å². The van der Waals surface area contributed by atoms with Crippen LogP contribution in [0, 0.1) is 0 Å². The lowest BCUT2D eigenvalue weighted by Gasteiger charge is -2.17. The van der Waals surface area contributed by atoms with Crippen LogP contribution in [0.2, 0.25) is 5.02 Å². The van der Waals surface area contributed by atoms with Crippen molar-refractivity contribution in [1.29, 1.82) is 0 Å². The minimum absolute atomic E-state index is 0.190. The molecule has 1 aromatic heterocycles. The molecule has 0 unspecified atom stereocenters. The summed E-state index contributed by atoms with van der Waals surface area (Å²) in [4.78, 5) is 24.7. The first-order valence-electron chi connectivity index (χ1n) is 5.09. The van der Waals surface area contributed by atoms with Gasteiger partial charge in [0.05, 0.1) is 18.0 Å². The number of nitrogens with zero attached hydrogens (tertiary/aromatic N) is 1. The molecular weight excluding hydrogens is 284 g/mol. The number of thioether (sulfide) groups is 1. The molecule has 1 aliphatic heterocycles. The number of rotatable bonds is 2. The van der Waals surface area contributed by atoms with Crippen molar-refractivity contribution < 1.29 is 15.3 Å². The van der Waals surface area contributed by atoms with E-state index in [2.05, 4.69) is 0 Å². The number of hydrogen-bond acceptors (Lipinski definition) is 6. The van der Waals surface area contributed by atoms with Crippen LogP contribution in [0.25, 0.3) is 0 Å². The highest BCUT2D eigenvalue weighted by Gasteiger charge is 2.43. The lowest BCUT2D eigenvalue weighted by atomic mass is 10.1. The second-order valence-electron chi connectivity index (χ2n) is 3.87. The van der Waals surface area contributed by atoms with Gasteiger partial charge in [0.2, 0.25) is 0 Å². The standard InChI is InChI=1S/C9H11ClN2O5S/c10-3-1-12(9(17)11-7(3)16)8-6(15)5(14)4(2-13)18-8/h1,4-6,8,13-15H,2H2,(H,11,16,17)/t4-,5+,6+,8-/m0/s1. The Morgan fingerprint density at radius 3 is 2.61 bits per heavy atom. The summed E-state index contributed by atoms with van der Waals surface area (Å²) in [6, 6.07) is 0. The SMILES string of the molecule is O=c1[nH]c(=O)n([C@H]2S[C@@H](CO)[C@@H](O)[C@H]2O)cc1Cl. The van der Waals surface area contributed by atoms with Crippen molar-refractivity contribution in [2.45, 2.75) is 22.8 Å². The first kappa shape index (κ1) is 13.6. The lowest BCUT2D eigenvalue weighted by Crippen LogP contribution is -2.37. The molecule has 100 valence electrons. The minimum atomic E-state index is -1.23. The predicted molar refractivity (Wildman–Crippen MR) is 65.8 cm³/mol. The molecule has 0 spiro atoms. The summed E-state index contributed by atoms with van der Waals surface area (Å²) in [5.74, 6) is 0. The molecule has 2 heterocycles. The third-order valence-corrected chi connectivity index (χ3v) is 4.55. The molecule has 0 radical (unpaired) electrons. The van der Waals surface area contributed by atoms with Crippen molar-refractivity contribution >= 4 is 23.4 Å². The highest BCUT2D eigenvalue weighted by atomic mass is 35.5. The Labute approximate surface area is 110 Å². The largest absolute Gasteiger partial charge is 0.395 e. The summed E-state index contributed by atoms with van der Waals surface area (Å²) >= 11 is 6.65. The maximum absolute atomic E-state index is 11.6. The van der Waals surface area contributed by atoms with E-state index in [1.807, 2.05) is 4.98 Å². The smallest absolute Gasteiger partial charge is 0.329 e. The van der Waals surface area contributed by atoms with Gasteiger partial charge in [-0.3, -0.25) is 14.3 Å². The molecule has 7 nitrogen and oxygen atoms in total. The van der Waals surface area contributed by atoms with Crippen LogP contribution in [0.4, 0.5) is 0 Å². The quantitative estimate of drug-likeness (QED) is 0.529. The average Bonchev–Trinajstić information content (AvgIpc) is 2.61. The highest BCUT2D eigenvalue weighted by Crippen LogP contribution is 2.40. The van der Waals surface area contributed by atoms with E-state index in [1.165, 1.54) is 0 Å². The second kappa shape index (κ2) is 5.06. The number of aliphatic hydroxyl groups excluding tert-OH is 3. The fourth-order valence-corrected chi connectivity index (χ4v) is 3.29. The first-order valence-corrected chi connectivity index (χ1v) is 6.41. The Bertz CT molecular complexity index is 559. The van der Waals surface area contributed by atoms with Gasteiger partial charge in [0.1, 0.15) is 16.5 Å². The topological polar surface area (TPSA) is 116 Å². The van der Waals surface area contributed by atoms with E-state index in [1.54, 1.807) is 0 Å². The third-order valence-electron chi connectivity index (χ3n) is 2.72. The number of hydrogen-bond donors (Lipinski definition) is 4. The molecule has 2 rings (SSSR count). The number of aromatic nitrogens is 2. The summed E-state index contributed by atoms with van der Waals surface area (Å²) in [6.07, 6.45) is -1.27. The van der Waals surface area contributed by atoms with Crippen molar-refractivity contribution in [3.05, 3.63) is 32.1 Å². The Hall–Kier alpha value is -0.800. The maximum atomic E-state index is 11.6. The molecule has 9 heteroatoms. The molecule has 0 aromatic carbocycles. The van der Waals surface area contributed by atoms with Gasteiger partial charge < -0.3 is 15.3 Å². The van der Waals surface area contributed by atoms with Crippen LogP contribution in [-0.4, -0.2) is 48.9 Å². The van der Waals surface area contributed by atoms with E-state index in [0.29, 0.717) is 0 Å². The lowest BCUT2D eigenvalue weighted by molar-refractivity contribution is 0.0101. The first-order chi connectivity index (χ1) is 8.45. The second-order valence-corrected chi connectivity index (χ2v) is 5.64. The van der Waals surface area contributed by atoms with Gasteiger partial charge in [-0.1, -0.05) is 11.6 Å². The van der Waals surface area contributed by atoms with E-state index in [0.717, 1.165) is 22.5 Å². The fraction of sp³-hybridized carbons (Fsp3) is 0.556. The van der Waals surface area contributed by atoms with Crippen LogP contribution in [0.1, 0.15) is 5.37 Å². The third kappa shape index (κ3) is 2.21. The van der Waals surface area contributed by atoms with Crippen molar-refractivity contribution in [1.82, 2.24) is 9.55 Å². The average molecular weight is 295 g/mol. The number of aliphatic hydroxyl groups is 3. The zero-order chi connectivity index (χ0) is 13.4. The minimum Gasteiger partial charge on any atom is -0.395 e. The molecule has 1 aliphatic rings. The van der Waals surface area contributed by atoms with Gasteiger partial charge in [-0.05, 0) is 0 Å². The van der Waals surface area contributed by atoms with E-state index >= 15 is 0 Å². The maximum Gasteiger partial charge on any atom is 0.329 e. The number of halogens is 1. The zero-order valence-corrected chi connectivity index (χ0v) is 10.6. The van der Waals surface area contributed by atoms with Crippen molar-refractivity contribution in [2.75, 3.05) is 6.61 Å². The Morgan fingerprint density at radius 2 is 2.06 bits per heavy atom. The molecule has 0 saturated carbocycles. The van der Waals surface area contributed by atoms with Crippen LogP contribution in [0.3, 0.4) is 0 Å². The van der Waals surface area contributed by atoms with Crippen LogP contribution >= 0.6 is 23.4 Å². The molecule has 4 N–H and O–H groups in total. The van der Waals surface area contributed by atoms with Crippen LogP contribution in [0.5, 0.6) is 0 Å². The summed E-state index contributed by atoms with van der Waals surface area (Å²) in [7, 11) is 0. The van der Waals surface area contributed by atoms with E-state index < -0.39 is 34.1 Å². The summed E-state index contributed by atoms with van der Waals surface area (Å²) in [6.45, 7) is -0.328. The molecule has 1 aromatic rings. The highest BCUT2D eigenvalue weighted by molar-refractivity contribution is 8.00. The monoisotopic (exact) mass is 294 g/mol. The van der Waals surface area contributed by atoms with Gasteiger partial charge in [-0.2, -0.15) is 0 Å². The van der Waals surface area contributed by atoms with Gasteiger partial charge >= 0.3 is 5.69 Å². The van der Waals surface area contributed by atoms with Crippen LogP contribution in [0.15, 0.2) is 15.8 Å².